The molecule has 27 heavy (non-hydrogen) atoms. The maximum absolute atomic E-state index is 11.5. The number of benzene rings is 2. The van der Waals surface area contributed by atoms with Crippen LogP contribution in [0.4, 0.5) is 0 Å². The standard InChI is InChI=1S/C18H16Cl3N3O3/c1-2-22-17(25)18(26)24-23-9-12-8-13(19)4-6-16(12)27-10-11-3-5-14(20)15(21)7-11/h3-9H,2,10H2,1H3,(H,22,25)(H,24,26)/b23-9-. The third-order valence-electron chi connectivity index (χ3n) is 3.26. The van der Waals surface area contributed by atoms with Crippen molar-refractivity contribution in [3.63, 3.8) is 0 Å². The molecule has 2 N–H and O–H groups in total. The van der Waals surface area contributed by atoms with Crippen LogP contribution < -0.4 is 15.5 Å². The fourth-order valence-corrected chi connectivity index (χ4v) is 2.50. The largest absolute Gasteiger partial charge is 0.488 e. The first-order chi connectivity index (χ1) is 12.9. The molecular formula is C18H16Cl3N3O3. The molecule has 0 saturated carbocycles. The average Bonchev–Trinajstić information content (AvgIpc) is 2.64. The molecule has 0 spiro atoms. The van der Waals surface area contributed by atoms with Crippen LogP contribution in [0.5, 0.6) is 5.75 Å². The van der Waals surface area contributed by atoms with Crippen LogP contribution in [0, 0.1) is 0 Å². The summed E-state index contributed by atoms with van der Waals surface area (Å²) in [5.74, 6) is -1.15. The van der Waals surface area contributed by atoms with Gasteiger partial charge in [0.25, 0.3) is 0 Å². The average molecular weight is 429 g/mol. The number of ether oxygens (including phenoxy) is 1. The van der Waals surface area contributed by atoms with Gasteiger partial charge < -0.3 is 10.1 Å². The number of hydrogen-bond donors (Lipinski definition) is 2. The summed E-state index contributed by atoms with van der Waals surface area (Å²) in [4.78, 5) is 22.9. The van der Waals surface area contributed by atoms with Crippen molar-refractivity contribution in [1.29, 1.82) is 0 Å². The van der Waals surface area contributed by atoms with E-state index in [0.717, 1.165) is 5.56 Å². The van der Waals surface area contributed by atoms with Gasteiger partial charge in [-0.1, -0.05) is 40.9 Å². The zero-order chi connectivity index (χ0) is 19.8. The molecule has 2 rings (SSSR count). The molecule has 0 heterocycles. The lowest BCUT2D eigenvalue weighted by molar-refractivity contribution is -0.139. The molecule has 0 radical (unpaired) electrons. The smallest absolute Gasteiger partial charge is 0.329 e. The normalized spacial score (nSPS) is 10.7. The summed E-state index contributed by atoms with van der Waals surface area (Å²) in [7, 11) is 0. The minimum absolute atomic E-state index is 0.241. The van der Waals surface area contributed by atoms with E-state index in [2.05, 4.69) is 15.8 Å². The molecule has 0 unspecified atom stereocenters. The number of nitrogens with zero attached hydrogens (tertiary/aromatic N) is 1. The molecule has 0 aliphatic rings. The van der Waals surface area contributed by atoms with Crippen molar-refractivity contribution in [2.75, 3.05) is 6.54 Å². The van der Waals surface area contributed by atoms with Gasteiger partial charge in [0.1, 0.15) is 12.4 Å². The second kappa shape index (κ2) is 10.2. The Morgan fingerprint density at radius 1 is 1.07 bits per heavy atom. The van der Waals surface area contributed by atoms with Crippen molar-refractivity contribution in [1.82, 2.24) is 10.7 Å². The van der Waals surface area contributed by atoms with Crippen LogP contribution in [0.1, 0.15) is 18.1 Å². The van der Waals surface area contributed by atoms with E-state index < -0.39 is 11.8 Å². The zero-order valence-corrected chi connectivity index (χ0v) is 16.5. The number of carbonyl (C=O) groups is 2. The fraction of sp³-hybridized carbons (Fsp3) is 0.167. The van der Waals surface area contributed by atoms with E-state index in [4.69, 9.17) is 39.5 Å². The fourth-order valence-electron chi connectivity index (χ4n) is 1.99. The van der Waals surface area contributed by atoms with Gasteiger partial charge in [-0.2, -0.15) is 5.10 Å². The second-order valence-electron chi connectivity index (χ2n) is 5.28. The van der Waals surface area contributed by atoms with E-state index in [9.17, 15) is 9.59 Å². The van der Waals surface area contributed by atoms with E-state index in [1.54, 1.807) is 43.3 Å². The highest BCUT2D eigenvalue weighted by atomic mass is 35.5. The number of amides is 2. The predicted molar refractivity (Wildman–Crippen MR) is 107 cm³/mol. The van der Waals surface area contributed by atoms with E-state index in [0.29, 0.717) is 32.9 Å². The lowest BCUT2D eigenvalue weighted by Crippen LogP contribution is -2.37. The molecule has 6 nitrogen and oxygen atoms in total. The van der Waals surface area contributed by atoms with Gasteiger partial charge in [0, 0.05) is 17.1 Å². The van der Waals surface area contributed by atoms with Crippen molar-refractivity contribution >= 4 is 52.8 Å². The van der Waals surface area contributed by atoms with E-state index in [1.165, 1.54) is 6.21 Å². The number of rotatable bonds is 6. The Labute approximate surface area is 171 Å². The van der Waals surface area contributed by atoms with E-state index in [1.807, 2.05) is 0 Å². The number of halogens is 3. The van der Waals surface area contributed by atoms with Crippen LogP contribution in [-0.2, 0) is 16.2 Å². The molecule has 9 heteroatoms. The Bertz CT molecular complexity index is 872. The SMILES string of the molecule is CCNC(=O)C(=O)N/N=C\c1cc(Cl)ccc1OCc1ccc(Cl)c(Cl)c1. The van der Waals surface area contributed by atoms with Crippen LogP contribution in [-0.4, -0.2) is 24.6 Å². The molecule has 0 fully saturated rings. The van der Waals surface area contributed by atoms with Gasteiger partial charge in [0.05, 0.1) is 16.3 Å². The topological polar surface area (TPSA) is 79.8 Å². The van der Waals surface area contributed by atoms with Crippen LogP contribution in [0.15, 0.2) is 41.5 Å². The molecule has 0 atom stereocenters. The van der Waals surface area contributed by atoms with Crippen molar-refractivity contribution in [3.8, 4) is 5.75 Å². The molecule has 0 aliphatic carbocycles. The number of hydrogen-bond acceptors (Lipinski definition) is 4. The van der Waals surface area contributed by atoms with Gasteiger partial charge in [-0.3, -0.25) is 9.59 Å². The van der Waals surface area contributed by atoms with Crippen molar-refractivity contribution < 1.29 is 14.3 Å². The summed E-state index contributed by atoms with van der Waals surface area (Å²) >= 11 is 17.9. The molecule has 2 amide bonds. The Hall–Kier alpha value is -2.28. The molecule has 0 bridgehead atoms. The first-order valence-corrected chi connectivity index (χ1v) is 9.01. The van der Waals surface area contributed by atoms with Gasteiger partial charge in [-0.25, -0.2) is 5.43 Å². The van der Waals surface area contributed by atoms with Crippen LogP contribution in [0.2, 0.25) is 15.1 Å². The lowest BCUT2D eigenvalue weighted by Gasteiger charge is -2.10. The first-order valence-electron chi connectivity index (χ1n) is 7.88. The zero-order valence-electron chi connectivity index (χ0n) is 14.3. The summed E-state index contributed by atoms with van der Waals surface area (Å²) in [6.45, 7) is 2.29. The third-order valence-corrected chi connectivity index (χ3v) is 4.24. The van der Waals surface area contributed by atoms with Gasteiger partial charge >= 0.3 is 11.8 Å². The Morgan fingerprint density at radius 3 is 2.56 bits per heavy atom. The minimum atomic E-state index is -0.867. The summed E-state index contributed by atoms with van der Waals surface area (Å²) in [5, 5.41) is 7.50. The number of likely N-dealkylation sites (N-methyl/N-ethyl adjacent to an activating group) is 1. The number of nitrogens with one attached hydrogen (secondary N) is 2. The highest BCUT2D eigenvalue weighted by Gasteiger charge is 2.11. The first kappa shape index (κ1) is 21.0. The van der Waals surface area contributed by atoms with E-state index >= 15 is 0 Å². The molecule has 0 aromatic heterocycles. The van der Waals surface area contributed by atoms with Gasteiger partial charge in [0.2, 0.25) is 0 Å². The monoisotopic (exact) mass is 427 g/mol. The van der Waals surface area contributed by atoms with Crippen LogP contribution in [0.25, 0.3) is 0 Å². The molecule has 0 saturated heterocycles. The van der Waals surface area contributed by atoms with Crippen LogP contribution in [0.3, 0.4) is 0 Å². The second-order valence-corrected chi connectivity index (χ2v) is 6.53. The van der Waals surface area contributed by atoms with Gasteiger partial charge in [0.15, 0.2) is 0 Å². The summed E-state index contributed by atoms with van der Waals surface area (Å²) in [6.07, 6.45) is 1.34. The molecule has 2 aromatic rings. The number of carbonyl (C=O) groups excluding carboxylic acids is 2. The maximum Gasteiger partial charge on any atom is 0.329 e. The molecular weight excluding hydrogens is 413 g/mol. The van der Waals surface area contributed by atoms with Crippen molar-refractivity contribution in [2.24, 2.45) is 5.10 Å². The maximum atomic E-state index is 11.5. The Balaban J connectivity index is 2.07. The van der Waals surface area contributed by atoms with Crippen molar-refractivity contribution in [3.05, 3.63) is 62.6 Å². The Morgan fingerprint density at radius 2 is 1.85 bits per heavy atom. The lowest BCUT2D eigenvalue weighted by atomic mass is 10.2. The minimum Gasteiger partial charge on any atom is -0.488 e. The van der Waals surface area contributed by atoms with Crippen LogP contribution >= 0.6 is 34.8 Å². The highest BCUT2D eigenvalue weighted by Crippen LogP contribution is 2.25. The molecule has 142 valence electrons. The third kappa shape index (κ3) is 6.43. The predicted octanol–water partition coefficient (Wildman–Crippen LogP) is 3.81. The number of hydrazone groups is 1. The van der Waals surface area contributed by atoms with Gasteiger partial charge in [-0.05, 0) is 42.8 Å². The summed E-state index contributed by atoms with van der Waals surface area (Å²) < 4.78 is 5.77. The molecule has 0 aliphatic heterocycles. The molecule has 2 aromatic carbocycles. The van der Waals surface area contributed by atoms with E-state index in [-0.39, 0.29) is 6.61 Å². The Kier molecular flexibility index (Phi) is 7.91. The summed E-state index contributed by atoms with van der Waals surface area (Å²) in [5.41, 5.74) is 3.49. The van der Waals surface area contributed by atoms with Crippen molar-refractivity contribution in [2.45, 2.75) is 13.5 Å². The quantitative estimate of drug-likeness (QED) is 0.417. The summed E-state index contributed by atoms with van der Waals surface area (Å²) in [6, 6.07) is 10.1. The van der Waals surface area contributed by atoms with Gasteiger partial charge in [-0.15, -0.1) is 0 Å². The highest BCUT2D eigenvalue weighted by molar-refractivity contribution is 6.42.